The summed E-state index contributed by atoms with van der Waals surface area (Å²) >= 11 is 0. The molecule has 3 aliphatic rings. The van der Waals surface area contributed by atoms with Gasteiger partial charge in [0.2, 0.25) is 5.91 Å². The van der Waals surface area contributed by atoms with E-state index in [0.717, 1.165) is 24.6 Å². The minimum atomic E-state index is -0.357. The smallest absolute Gasteiger partial charge is 0.248 e. The first kappa shape index (κ1) is 17.0. The Hall–Kier alpha value is -1.39. The molecule has 1 aliphatic heterocycles. The molecule has 2 atom stereocenters. The van der Waals surface area contributed by atoms with E-state index in [0.29, 0.717) is 24.0 Å². The van der Waals surface area contributed by atoms with E-state index in [-0.39, 0.29) is 11.5 Å². The van der Waals surface area contributed by atoms with E-state index in [2.05, 4.69) is 17.9 Å². The molecule has 1 aromatic rings. The number of carbonyl (C=O) groups excluding carboxylic acids is 1. The van der Waals surface area contributed by atoms with Crippen LogP contribution in [0.2, 0.25) is 0 Å². The number of rotatable bonds is 6. The van der Waals surface area contributed by atoms with Crippen LogP contribution in [0.25, 0.3) is 0 Å². The Morgan fingerprint density at radius 1 is 1.24 bits per heavy atom. The fourth-order valence-corrected chi connectivity index (χ4v) is 5.28. The highest BCUT2D eigenvalue weighted by atomic mass is 16.5. The van der Waals surface area contributed by atoms with E-state index in [4.69, 9.17) is 10.5 Å². The van der Waals surface area contributed by atoms with Gasteiger partial charge in [0.15, 0.2) is 0 Å². The van der Waals surface area contributed by atoms with Gasteiger partial charge < -0.3 is 15.4 Å². The van der Waals surface area contributed by atoms with Crippen LogP contribution in [-0.2, 0) is 10.3 Å². The molecule has 1 saturated heterocycles. The third kappa shape index (κ3) is 3.11. The predicted molar refractivity (Wildman–Crippen MR) is 98.3 cm³/mol. The van der Waals surface area contributed by atoms with Crippen molar-refractivity contribution in [3.63, 3.8) is 0 Å². The second-order valence-corrected chi connectivity index (χ2v) is 8.16. The van der Waals surface area contributed by atoms with Crippen LogP contribution in [0.3, 0.4) is 0 Å². The van der Waals surface area contributed by atoms with Crippen LogP contribution >= 0.6 is 0 Å². The van der Waals surface area contributed by atoms with Gasteiger partial charge in [-0.05, 0) is 56.2 Å². The Morgan fingerprint density at radius 2 is 1.96 bits per heavy atom. The van der Waals surface area contributed by atoms with E-state index in [1.165, 1.54) is 38.6 Å². The summed E-state index contributed by atoms with van der Waals surface area (Å²) in [6.45, 7) is 6.29. The SMILES string of the molecule is CCOC1(c2cccc(C(N)=O)c2)C2CCCC1CN(CC1CC1)C2. The van der Waals surface area contributed by atoms with Crippen LogP contribution in [0.4, 0.5) is 0 Å². The number of hydrogen-bond donors (Lipinski definition) is 1. The number of amides is 1. The van der Waals surface area contributed by atoms with E-state index in [1.807, 2.05) is 18.2 Å². The molecular weight excluding hydrogens is 312 g/mol. The number of piperidine rings is 1. The number of hydrogen-bond acceptors (Lipinski definition) is 3. The van der Waals surface area contributed by atoms with E-state index < -0.39 is 0 Å². The van der Waals surface area contributed by atoms with Crippen LogP contribution in [0.15, 0.2) is 24.3 Å². The van der Waals surface area contributed by atoms with Crippen molar-refractivity contribution in [3.05, 3.63) is 35.4 Å². The fraction of sp³-hybridized carbons (Fsp3) is 0.667. The van der Waals surface area contributed by atoms with Crippen molar-refractivity contribution in [1.82, 2.24) is 4.90 Å². The second kappa shape index (κ2) is 6.73. The Labute approximate surface area is 150 Å². The lowest BCUT2D eigenvalue weighted by atomic mass is 9.62. The van der Waals surface area contributed by atoms with Crippen LogP contribution in [0.5, 0.6) is 0 Å². The Morgan fingerprint density at radius 3 is 2.56 bits per heavy atom. The molecule has 2 bridgehead atoms. The molecule has 25 heavy (non-hydrogen) atoms. The molecule has 2 aliphatic carbocycles. The van der Waals surface area contributed by atoms with Gasteiger partial charge in [0.1, 0.15) is 5.60 Å². The zero-order valence-corrected chi connectivity index (χ0v) is 15.2. The molecule has 4 heteroatoms. The van der Waals surface area contributed by atoms with Gasteiger partial charge >= 0.3 is 0 Å². The van der Waals surface area contributed by atoms with Gasteiger partial charge in [0, 0.05) is 43.6 Å². The average molecular weight is 342 g/mol. The Bertz CT molecular complexity index is 627. The predicted octanol–water partition coefficient (Wildman–Crippen LogP) is 3.16. The summed E-state index contributed by atoms with van der Waals surface area (Å²) in [6.07, 6.45) is 6.51. The fourth-order valence-electron chi connectivity index (χ4n) is 5.28. The van der Waals surface area contributed by atoms with Crippen LogP contribution in [-0.4, -0.2) is 37.0 Å². The number of primary amides is 1. The molecular formula is C21H30N2O2. The maximum atomic E-state index is 11.7. The third-order valence-corrected chi connectivity index (χ3v) is 6.47. The molecule has 4 nitrogen and oxygen atoms in total. The molecule has 1 aromatic carbocycles. The monoisotopic (exact) mass is 342 g/mol. The summed E-state index contributed by atoms with van der Waals surface area (Å²) < 4.78 is 6.55. The quantitative estimate of drug-likeness (QED) is 0.864. The highest BCUT2D eigenvalue weighted by Gasteiger charge is 2.53. The lowest BCUT2D eigenvalue weighted by molar-refractivity contribution is -0.183. The van der Waals surface area contributed by atoms with Crippen molar-refractivity contribution in [2.75, 3.05) is 26.2 Å². The molecule has 0 spiro atoms. The van der Waals surface area contributed by atoms with Crippen LogP contribution < -0.4 is 5.73 Å². The van der Waals surface area contributed by atoms with Gasteiger partial charge in [-0.1, -0.05) is 18.6 Å². The average Bonchev–Trinajstić information content (AvgIpc) is 3.40. The molecule has 1 heterocycles. The lowest BCUT2D eigenvalue weighted by Crippen LogP contribution is -2.59. The first-order valence-corrected chi connectivity index (χ1v) is 9.90. The number of benzene rings is 1. The Balaban J connectivity index is 1.69. The summed E-state index contributed by atoms with van der Waals surface area (Å²) in [4.78, 5) is 14.4. The van der Waals surface area contributed by atoms with Crippen molar-refractivity contribution in [2.45, 2.75) is 44.6 Å². The van der Waals surface area contributed by atoms with E-state index in [1.54, 1.807) is 0 Å². The molecule has 0 aromatic heterocycles. The molecule has 2 N–H and O–H groups in total. The number of ether oxygens (including phenoxy) is 1. The highest BCUT2D eigenvalue weighted by molar-refractivity contribution is 5.92. The summed E-state index contributed by atoms with van der Waals surface area (Å²) in [5.74, 6) is 1.58. The maximum absolute atomic E-state index is 11.7. The van der Waals surface area contributed by atoms with Gasteiger partial charge in [-0.25, -0.2) is 0 Å². The number of likely N-dealkylation sites (tertiary alicyclic amines) is 1. The maximum Gasteiger partial charge on any atom is 0.248 e. The summed E-state index contributed by atoms with van der Waals surface area (Å²) in [7, 11) is 0. The number of nitrogens with zero attached hydrogens (tertiary/aromatic N) is 1. The van der Waals surface area contributed by atoms with Crippen molar-refractivity contribution in [3.8, 4) is 0 Å². The van der Waals surface area contributed by atoms with Crippen LogP contribution in [0.1, 0.15) is 54.9 Å². The van der Waals surface area contributed by atoms with E-state index in [9.17, 15) is 4.79 Å². The second-order valence-electron chi connectivity index (χ2n) is 8.16. The third-order valence-electron chi connectivity index (χ3n) is 6.47. The number of fused-ring (bicyclic) bond motifs is 2. The van der Waals surface area contributed by atoms with Gasteiger partial charge in [0.05, 0.1) is 0 Å². The molecule has 3 fully saturated rings. The number of nitrogens with two attached hydrogens (primary N) is 1. The van der Waals surface area contributed by atoms with E-state index >= 15 is 0 Å². The molecule has 1 amide bonds. The molecule has 0 radical (unpaired) electrons. The van der Waals surface area contributed by atoms with Crippen molar-refractivity contribution in [1.29, 1.82) is 0 Å². The van der Waals surface area contributed by atoms with Crippen molar-refractivity contribution < 1.29 is 9.53 Å². The summed E-state index contributed by atoms with van der Waals surface area (Å²) in [6, 6.07) is 7.90. The largest absolute Gasteiger partial charge is 0.370 e. The van der Waals surface area contributed by atoms with Gasteiger partial charge in [-0.2, -0.15) is 0 Å². The lowest BCUT2D eigenvalue weighted by Gasteiger charge is -2.56. The van der Waals surface area contributed by atoms with Gasteiger partial charge in [-0.15, -0.1) is 0 Å². The van der Waals surface area contributed by atoms with Crippen LogP contribution in [0, 0.1) is 17.8 Å². The molecule has 4 rings (SSSR count). The highest BCUT2D eigenvalue weighted by Crippen LogP contribution is 2.52. The summed E-state index contributed by atoms with van der Waals surface area (Å²) in [5.41, 5.74) is 7.04. The summed E-state index contributed by atoms with van der Waals surface area (Å²) in [5, 5.41) is 0. The minimum Gasteiger partial charge on any atom is -0.370 e. The zero-order valence-electron chi connectivity index (χ0n) is 15.2. The zero-order chi connectivity index (χ0) is 17.4. The Kier molecular flexibility index (Phi) is 4.59. The molecule has 2 unspecified atom stereocenters. The van der Waals surface area contributed by atoms with Crippen molar-refractivity contribution in [2.24, 2.45) is 23.5 Å². The minimum absolute atomic E-state index is 0.251. The standard InChI is InChI=1S/C21H30N2O2/c1-2-25-21(17-6-3-5-16(11-17)20(22)24)18-7-4-8-19(21)14-23(13-18)12-15-9-10-15/h3,5-6,11,15,18-19H,2,4,7-10,12-14H2,1H3,(H2,22,24). The van der Waals surface area contributed by atoms with Gasteiger partial charge in [0.25, 0.3) is 0 Å². The normalized spacial score (nSPS) is 32.5. The molecule has 136 valence electrons. The number of carbonyl (C=O) groups is 1. The first-order chi connectivity index (χ1) is 12.1. The molecule has 2 saturated carbocycles. The van der Waals surface area contributed by atoms with Gasteiger partial charge in [-0.3, -0.25) is 4.79 Å². The first-order valence-electron chi connectivity index (χ1n) is 9.90. The topological polar surface area (TPSA) is 55.6 Å². The van der Waals surface area contributed by atoms with Crippen molar-refractivity contribution >= 4 is 5.91 Å².